The van der Waals surface area contributed by atoms with Gasteiger partial charge in [-0.2, -0.15) is 5.26 Å². The molecule has 0 atom stereocenters. The quantitative estimate of drug-likeness (QED) is 0.494. The van der Waals surface area contributed by atoms with Crippen molar-refractivity contribution in [2.45, 2.75) is 0 Å². The number of nitro benzene ring substituents is 1. The summed E-state index contributed by atoms with van der Waals surface area (Å²) >= 11 is 0. The second-order valence-corrected chi connectivity index (χ2v) is 4.26. The number of benzene rings is 1. The smallest absolute Gasteiger partial charge is 0.293 e. The molecule has 0 bridgehead atoms. The van der Waals surface area contributed by atoms with Crippen LogP contribution in [0.1, 0.15) is 5.56 Å². The van der Waals surface area contributed by atoms with Crippen LogP contribution in [0.4, 0.5) is 11.4 Å². The van der Waals surface area contributed by atoms with E-state index in [-0.39, 0.29) is 5.69 Å². The van der Waals surface area contributed by atoms with Crippen LogP contribution in [-0.4, -0.2) is 36.0 Å². The van der Waals surface area contributed by atoms with Crippen LogP contribution in [0.15, 0.2) is 30.4 Å². The maximum absolute atomic E-state index is 10.9. The van der Waals surface area contributed by atoms with Crippen molar-refractivity contribution < 1.29 is 4.92 Å². The molecule has 1 N–H and O–H groups in total. The highest BCUT2D eigenvalue weighted by Crippen LogP contribution is 2.25. The summed E-state index contributed by atoms with van der Waals surface area (Å²) in [4.78, 5) is 12.7. The third kappa shape index (κ3) is 3.30. The Labute approximate surface area is 111 Å². The predicted octanol–water partition coefficient (Wildman–Crippen LogP) is 1.75. The molecule has 1 aliphatic rings. The highest BCUT2D eigenvalue weighted by atomic mass is 16.6. The number of nitriles is 1. The van der Waals surface area contributed by atoms with Gasteiger partial charge >= 0.3 is 0 Å². The molecule has 19 heavy (non-hydrogen) atoms. The van der Waals surface area contributed by atoms with Gasteiger partial charge in [0.15, 0.2) is 0 Å². The van der Waals surface area contributed by atoms with E-state index in [1.54, 1.807) is 12.1 Å². The molecule has 0 unspecified atom stereocenters. The predicted molar refractivity (Wildman–Crippen MR) is 71.9 cm³/mol. The molecule has 1 aromatic carbocycles. The second kappa shape index (κ2) is 5.98. The van der Waals surface area contributed by atoms with Gasteiger partial charge in [0.05, 0.1) is 16.6 Å². The molecule has 1 aromatic rings. The van der Waals surface area contributed by atoms with Gasteiger partial charge in [0.2, 0.25) is 0 Å². The molecule has 0 fully saturated rings. The molecular formula is C13H14N4O2. The zero-order chi connectivity index (χ0) is 13.7. The lowest BCUT2D eigenvalue weighted by Crippen LogP contribution is -2.26. The number of hydrogen-bond acceptors (Lipinski definition) is 5. The van der Waals surface area contributed by atoms with E-state index < -0.39 is 4.92 Å². The van der Waals surface area contributed by atoms with E-state index in [9.17, 15) is 10.1 Å². The molecule has 0 aromatic heterocycles. The molecular weight excluding hydrogens is 244 g/mol. The summed E-state index contributed by atoms with van der Waals surface area (Å²) in [5.74, 6) is 0. The Morgan fingerprint density at radius 1 is 1.42 bits per heavy atom. The molecule has 6 nitrogen and oxygen atoms in total. The molecule has 0 aliphatic carbocycles. The largest absolute Gasteiger partial charge is 0.378 e. The maximum atomic E-state index is 10.9. The maximum Gasteiger partial charge on any atom is 0.293 e. The Kier molecular flexibility index (Phi) is 4.11. The summed E-state index contributed by atoms with van der Waals surface area (Å²) in [5.41, 5.74) is 0.691. The Balaban J connectivity index is 1.99. The Morgan fingerprint density at radius 3 is 2.79 bits per heavy atom. The lowest BCUT2D eigenvalue weighted by atomic mass is 10.2. The van der Waals surface area contributed by atoms with Crippen LogP contribution in [0, 0.1) is 21.4 Å². The third-order valence-electron chi connectivity index (χ3n) is 2.96. The average molecular weight is 258 g/mol. The highest BCUT2D eigenvalue weighted by molar-refractivity contribution is 5.64. The van der Waals surface area contributed by atoms with E-state index in [4.69, 9.17) is 5.26 Å². The van der Waals surface area contributed by atoms with Crippen LogP contribution in [0.25, 0.3) is 0 Å². The van der Waals surface area contributed by atoms with E-state index >= 15 is 0 Å². The van der Waals surface area contributed by atoms with Crippen molar-refractivity contribution in [1.82, 2.24) is 4.90 Å². The fourth-order valence-electron chi connectivity index (χ4n) is 1.95. The number of hydrogen-bond donors (Lipinski definition) is 1. The van der Waals surface area contributed by atoms with Gasteiger partial charge in [0.25, 0.3) is 5.69 Å². The van der Waals surface area contributed by atoms with Crippen molar-refractivity contribution in [2.75, 3.05) is 31.5 Å². The number of nitrogens with one attached hydrogen (secondary N) is 1. The van der Waals surface area contributed by atoms with E-state index in [1.165, 1.54) is 6.07 Å². The fourth-order valence-corrected chi connectivity index (χ4v) is 1.95. The van der Waals surface area contributed by atoms with E-state index in [0.29, 0.717) is 17.8 Å². The summed E-state index contributed by atoms with van der Waals surface area (Å²) in [6.07, 6.45) is 4.20. The number of anilines is 1. The molecule has 0 radical (unpaired) electrons. The van der Waals surface area contributed by atoms with Crippen LogP contribution >= 0.6 is 0 Å². The lowest BCUT2D eigenvalue weighted by Gasteiger charge is -2.15. The van der Waals surface area contributed by atoms with Gasteiger partial charge in [-0.25, -0.2) is 0 Å². The summed E-state index contributed by atoms with van der Waals surface area (Å²) in [5, 5.41) is 22.7. The molecule has 0 saturated heterocycles. The molecule has 6 heteroatoms. The van der Waals surface area contributed by atoms with Gasteiger partial charge < -0.3 is 5.32 Å². The van der Waals surface area contributed by atoms with Gasteiger partial charge in [0, 0.05) is 32.2 Å². The SMILES string of the molecule is N#Cc1ccc(NCCN2CC=CC2)c([N+](=O)[O-])c1. The molecule has 2 rings (SSSR count). The minimum absolute atomic E-state index is 0.0569. The van der Waals surface area contributed by atoms with Crippen LogP contribution in [-0.2, 0) is 0 Å². The normalized spacial score (nSPS) is 14.3. The highest BCUT2D eigenvalue weighted by Gasteiger charge is 2.14. The van der Waals surface area contributed by atoms with Crippen molar-refractivity contribution in [1.29, 1.82) is 5.26 Å². The average Bonchev–Trinajstić information content (AvgIpc) is 2.92. The summed E-state index contributed by atoms with van der Waals surface area (Å²) < 4.78 is 0. The Bertz CT molecular complexity index is 540. The van der Waals surface area contributed by atoms with Gasteiger partial charge in [-0.15, -0.1) is 0 Å². The fraction of sp³-hybridized carbons (Fsp3) is 0.308. The van der Waals surface area contributed by atoms with Gasteiger partial charge in [-0.1, -0.05) is 12.2 Å². The third-order valence-corrected chi connectivity index (χ3v) is 2.96. The Hall–Kier alpha value is -2.39. The summed E-state index contributed by atoms with van der Waals surface area (Å²) in [6.45, 7) is 3.31. The first-order valence-electron chi connectivity index (χ1n) is 6.00. The molecule has 98 valence electrons. The molecule has 0 saturated carbocycles. The van der Waals surface area contributed by atoms with Crippen molar-refractivity contribution in [3.8, 4) is 6.07 Å². The Morgan fingerprint density at radius 2 is 2.16 bits per heavy atom. The zero-order valence-corrected chi connectivity index (χ0v) is 10.4. The van der Waals surface area contributed by atoms with Crippen LogP contribution < -0.4 is 5.32 Å². The first kappa shape index (κ1) is 13.1. The molecule has 1 aliphatic heterocycles. The topological polar surface area (TPSA) is 82.2 Å². The van der Waals surface area contributed by atoms with E-state index in [2.05, 4.69) is 22.4 Å². The number of rotatable bonds is 5. The number of nitro groups is 1. The zero-order valence-electron chi connectivity index (χ0n) is 10.4. The molecule has 0 amide bonds. The minimum atomic E-state index is -0.472. The van der Waals surface area contributed by atoms with Crippen molar-refractivity contribution in [3.05, 3.63) is 46.0 Å². The lowest BCUT2D eigenvalue weighted by molar-refractivity contribution is -0.384. The van der Waals surface area contributed by atoms with Crippen LogP contribution in [0.3, 0.4) is 0 Å². The number of nitrogens with zero attached hydrogens (tertiary/aromatic N) is 3. The minimum Gasteiger partial charge on any atom is -0.378 e. The molecule has 0 spiro atoms. The van der Waals surface area contributed by atoms with Gasteiger partial charge in [0.1, 0.15) is 5.69 Å². The van der Waals surface area contributed by atoms with Gasteiger partial charge in [-0.3, -0.25) is 15.0 Å². The standard InChI is InChI=1S/C13H14N4O2/c14-10-11-3-4-12(13(9-11)17(18)19)15-5-8-16-6-1-2-7-16/h1-4,9,15H,5-8H2. The summed E-state index contributed by atoms with van der Waals surface area (Å²) in [7, 11) is 0. The first-order valence-corrected chi connectivity index (χ1v) is 6.00. The second-order valence-electron chi connectivity index (χ2n) is 4.26. The monoisotopic (exact) mass is 258 g/mol. The molecule has 1 heterocycles. The van der Waals surface area contributed by atoms with Crippen molar-refractivity contribution >= 4 is 11.4 Å². The van der Waals surface area contributed by atoms with Gasteiger partial charge in [-0.05, 0) is 12.1 Å². The van der Waals surface area contributed by atoms with Crippen LogP contribution in [0.2, 0.25) is 0 Å². The van der Waals surface area contributed by atoms with Crippen molar-refractivity contribution in [2.24, 2.45) is 0 Å². The van der Waals surface area contributed by atoms with E-state index in [1.807, 2.05) is 6.07 Å². The van der Waals surface area contributed by atoms with E-state index in [0.717, 1.165) is 19.6 Å². The van der Waals surface area contributed by atoms with Crippen molar-refractivity contribution in [3.63, 3.8) is 0 Å². The van der Waals surface area contributed by atoms with Crippen LogP contribution in [0.5, 0.6) is 0 Å². The first-order chi connectivity index (χ1) is 9.20. The summed E-state index contributed by atoms with van der Waals surface area (Å²) in [6, 6.07) is 6.35.